The summed E-state index contributed by atoms with van der Waals surface area (Å²) in [6.07, 6.45) is 1.52. The molecule has 2 aromatic carbocycles. The molecule has 11 heteroatoms. The molecule has 186 valence electrons. The van der Waals surface area contributed by atoms with Crippen LogP contribution in [-0.4, -0.2) is 50.0 Å². The van der Waals surface area contributed by atoms with E-state index in [2.05, 4.69) is 5.32 Å². The van der Waals surface area contributed by atoms with Gasteiger partial charge in [0.05, 0.1) is 11.9 Å². The minimum Gasteiger partial charge on any atom is -0.352 e. The number of carbonyl (C=O) groups is 2. The molecule has 0 heterocycles. The summed E-state index contributed by atoms with van der Waals surface area (Å²) in [7, 11) is -4.06. The summed E-state index contributed by atoms with van der Waals surface area (Å²) in [5.74, 6) is -3.55. The number of amides is 2. The first-order valence-electron chi connectivity index (χ1n) is 10.6. The van der Waals surface area contributed by atoms with Crippen LogP contribution in [0.15, 0.2) is 42.5 Å². The van der Waals surface area contributed by atoms with Gasteiger partial charge in [-0.05, 0) is 44.0 Å². The van der Waals surface area contributed by atoms with E-state index in [4.69, 9.17) is 11.6 Å². The fourth-order valence-corrected chi connectivity index (χ4v) is 4.15. The predicted molar refractivity (Wildman–Crippen MR) is 128 cm³/mol. The maximum atomic E-state index is 13.8. The molecule has 0 saturated carbocycles. The molecule has 0 aromatic heterocycles. The van der Waals surface area contributed by atoms with Gasteiger partial charge in [-0.25, -0.2) is 17.2 Å². The number of benzene rings is 2. The highest BCUT2D eigenvalue weighted by Crippen LogP contribution is 2.23. The van der Waals surface area contributed by atoms with Crippen LogP contribution in [0.5, 0.6) is 0 Å². The molecular weight excluding hydrogens is 488 g/mol. The van der Waals surface area contributed by atoms with Crippen molar-refractivity contribution >= 4 is 39.1 Å². The Hall–Kier alpha value is -2.72. The standard InChI is InChI=1S/C23H28ClF2N3O4S/c1-5-15(2)27-23(31)16(3)28(13-17-8-6-7-9-19(17)24)22(30)14-29(34(4,32)33)18-10-11-20(25)21(26)12-18/h6-12,15-16H,5,13-14H2,1-4H3,(H,27,31)/t15-,16-/m1/s1. The van der Waals surface area contributed by atoms with Crippen LogP contribution in [0.3, 0.4) is 0 Å². The Morgan fingerprint density at radius 1 is 1.09 bits per heavy atom. The molecule has 7 nitrogen and oxygen atoms in total. The number of rotatable bonds is 10. The third-order valence-electron chi connectivity index (χ3n) is 5.34. The SMILES string of the molecule is CC[C@@H](C)NC(=O)[C@@H](C)N(Cc1ccccc1Cl)C(=O)CN(c1ccc(F)c(F)c1)S(C)(=O)=O. The Labute approximate surface area is 203 Å². The van der Waals surface area contributed by atoms with E-state index >= 15 is 0 Å². The van der Waals surface area contributed by atoms with Crippen LogP contribution in [0.1, 0.15) is 32.8 Å². The summed E-state index contributed by atoms with van der Waals surface area (Å²) in [6, 6.07) is 8.18. The molecular formula is C23H28ClF2N3O4S. The average Bonchev–Trinajstić information content (AvgIpc) is 2.77. The fourth-order valence-electron chi connectivity index (χ4n) is 3.11. The number of nitrogens with zero attached hydrogens (tertiary/aromatic N) is 2. The van der Waals surface area contributed by atoms with Gasteiger partial charge in [0.25, 0.3) is 0 Å². The maximum absolute atomic E-state index is 13.8. The molecule has 2 aromatic rings. The summed E-state index contributed by atoms with van der Waals surface area (Å²) in [5, 5.41) is 3.18. The molecule has 0 spiro atoms. The van der Waals surface area contributed by atoms with Crippen LogP contribution in [0.25, 0.3) is 0 Å². The van der Waals surface area contributed by atoms with Crippen LogP contribution in [0.2, 0.25) is 5.02 Å². The Balaban J connectivity index is 2.42. The number of anilines is 1. The van der Waals surface area contributed by atoms with Crippen molar-refractivity contribution in [1.82, 2.24) is 10.2 Å². The number of sulfonamides is 1. The van der Waals surface area contributed by atoms with Crippen molar-refractivity contribution in [3.63, 3.8) is 0 Å². The topological polar surface area (TPSA) is 86.8 Å². The average molecular weight is 516 g/mol. The van der Waals surface area contributed by atoms with Crippen molar-refractivity contribution < 1.29 is 26.8 Å². The summed E-state index contributed by atoms with van der Waals surface area (Å²) in [5.41, 5.74) is 0.337. The van der Waals surface area contributed by atoms with Gasteiger partial charge in [-0.3, -0.25) is 13.9 Å². The van der Waals surface area contributed by atoms with Gasteiger partial charge < -0.3 is 10.2 Å². The van der Waals surface area contributed by atoms with E-state index in [-0.39, 0.29) is 18.3 Å². The highest BCUT2D eigenvalue weighted by atomic mass is 35.5. The van der Waals surface area contributed by atoms with Crippen LogP contribution in [0.4, 0.5) is 14.5 Å². The predicted octanol–water partition coefficient (Wildman–Crippen LogP) is 3.72. The quantitative estimate of drug-likeness (QED) is 0.522. The maximum Gasteiger partial charge on any atom is 0.244 e. The van der Waals surface area contributed by atoms with E-state index in [0.717, 1.165) is 18.4 Å². The summed E-state index contributed by atoms with van der Waals surface area (Å²) >= 11 is 6.25. The molecule has 0 unspecified atom stereocenters. The number of hydrogen-bond donors (Lipinski definition) is 1. The molecule has 0 bridgehead atoms. The highest BCUT2D eigenvalue weighted by molar-refractivity contribution is 7.92. The largest absolute Gasteiger partial charge is 0.352 e. The van der Waals surface area contributed by atoms with E-state index in [0.29, 0.717) is 27.4 Å². The lowest BCUT2D eigenvalue weighted by molar-refractivity contribution is -0.139. The van der Waals surface area contributed by atoms with Crippen molar-refractivity contribution in [2.75, 3.05) is 17.1 Å². The normalized spacial score (nSPS) is 13.1. The van der Waals surface area contributed by atoms with Crippen LogP contribution < -0.4 is 9.62 Å². The van der Waals surface area contributed by atoms with Crippen LogP contribution >= 0.6 is 11.6 Å². The molecule has 0 fully saturated rings. The second-order valence-corrected chi connectivity index (χ2v) is 10.3. The molecule has 0 aliphatic rings. The lowest BCUT2D eigenvalue weighted by Crippen LogP contribution is -2.52. The van der Waals surface area contributed by atoms with Crippen molar-refractivity contribution in [3.05, 3.63) is 64.7 Å². The van der Waals surface area contributed by atoms with Gasteiger partial charge >= 0.3 is 0 Å². The zero-order valence-electron chi connectivity index (χ0n) is 19.4. The van der Waals surface area contributed by atoms with E-state index in [1.165, 1.54) is 11.8 Å². The van der Waals surface area contributed by atoms with Crippen LogP contribution in [0, 0.1) is 11.6 Å². The zero-order valence-corrected chi connectivity index (χ0v) is 21.0. The lowest BCUT2D eigenvalue weighted by atomic mass is 10.1. The second kappa shape index (κ2) is 11.6. The summed E-state index contributed by atoms with van der Waals surface area (Å²) in [4.78, 5) is 27.4. The van der Waals surface area contributed by atoms with E-state index in [1.54, 1.807) is 24.3 Å². The smallest absolute Gasteiger partial charge is 0.244 e. The molecule has 1 N–H and O–H groups in total. The third-order valence-corrected chi connectivity index (χ3v) is 6.85. The van der Waals surface area contributed by atoms with Gasteiger partial charge in [-0.2, -0.15) is 0 Å². The Bertz CT molecular complexity index is 1150. The lowest BCUT2D eigenvalue weighted by Gasteiger charge is -2.32. The van der Waals surface area contributed by atoms with Crippen molar-refractivity contribution in [2.24, 2.45) is 0 Å². The van der Waals surface area contributed by atoms with Gasteiger partial charge in [-0.15, -0.1) is 0 Å². The molecule has 2 rings (SSSR count). The Kier molecular flexibility index (Phi) is 9.40. The van der Waals surface area contributed by atoms with E-state index in [9.17, 15) is 26.8 Å². The molecule has 0 radical (unpaired) electrons. The first kappa shape index (κ1) is 27.5. The number of hydrogen-bond acceptors (Lipinski definition) is 4. The molecule has 2 amide bonds. The van der Waals surface area contributed by atoms with E-state index in [1.807, 2.05) is 13.8 Å². The van der Waals surface area contributed by atoms with E-state index < -0.39 is 46.1 Å². The number of carbonyl (C=O) groups excluding carboxylic acids is 2. The van der Waals surface area contributed by atoms with Gasteiger partial charge in [0.2, 0.25) is 21.8 Å². The molecule has 0 aliphatic carbocycles. The van der Waals surface area contributed by atoms with Crippen molar-refractivity contribution in [1.29, 1.82) is 0 Å². The Morgan fingerprint density at radius 3 is 2.29 bits per heavy atom. The summed E-state index contributed by atoms with van der Waals surface area (Å²) < 4.78 is 52.7. The van der Waals surface area contributed by atoms with Crippen molar-refractivity contribution in [2.45, 2.75) is 45.8 Å². The molecule has 0 aliphatic heterocycles. The van der Waals surface area contributed by atoms with Crippen molar-refractivity contribution in [3.8, 4) is 0 Å². The van der Waals surface area contributed by atoms with Crippen LogP contribution in [-0.2, 0) is 26.2 Å². The van der Waals surface area contributed by atoms with Gasteiger partial charge in [0.15, 0.2) is 11.6 Å². The second-order valence-electron chi connectivity index (χ2n) is 7.97. The fraction of sp³-hybridized carbons (Fsp3) is 0.391. The molecule has 0 saturated heterocycles. The number of nitrogens with one attached hydrogen (secondary N) is 1. The van der Waals surface area contributed by atoms with Gasteiger partial charge in [0.1, 0.15) is 12.6 Å². The minimum absolute atomic E-state index is 0.0665. The molecule has 34 heavy (non-hydrogen) atoms. The molecule has 2 atom stereocenters. The Morgan fingerprint density at radius 2 is 1.74 bits per heavy atom. The number of halogens is 3. The first-order valence-corrected chi connectivity index (χ1v) is 12.8. The highest BCUT2D eigenvalue weighted by Gasteiger charge is 2.31. The van der Waals surface area contributed by atoms with Gasteiger partial charge in [-0.1, -0.05) is 36.7 Å². The monoisotopic (exact) mass is 515 g/mol. The minimum atomic E-state index is -4.06. The first-order chi connectivity index (χ1) is 15.8. The zero-order chi connectivity index (χ0) is 25.6. The van der Waals surface area contributed by atoms with Gasteiger partial charge in [0, 0.05) is 23.7 Å². The third kappa shape index (κ3) is 7.14. The summed E-state index contributed by atoms with van der Waals surface area (Å²) in [6.45, 7) is 4.44.